The number of pyridine rings is 1. The number of nitriles is 1. The van der Waals surface area contributed by atoms with Gasteiger partial charge in [-0.3, -0.25) is 4.98 Å². The Kier molecular flexibility index (Phi) is 6.03. The van der Waals surface area contributed by atoms with Crippen LogP contribution >= 0.6 is 0 Å². The lowest BCUT2D eigenvalue weighted by Crippen LogP contribution is -2.01. The summed E-state index contributed by atoms with van der Waals surface area (Å²) in [5.41, 5.74) is 11.3. The maximum Gasteiger partial charge on any atom is 0.138 e. The van der Waals surface area contributed by atoms with Gasteiger partial charge < -0.3 is 15.9 Å². The molecule has 0 aliphatic carbocycles. The van der Waals surface area contributed by atoms with E-state index in [9.17, 15) is 0 Å². The highest BCUT2D eigenvalue weighted by atomic mass is 16.5. The number of aromatic nitrogens is 1. The zero-order chi connectivity index (χ0) is 19.9. The summed E-state index contributed by atoms with van der Waals surface area (Å²) in [4.78, 5) is 4.27. The standard InChI is InChI=1S/C23H22N4O/c1-16(25)22-12-18(8-9-23(22)26)20-11-21(15-27-14-20)28-10-4-7-17-5-2-3-6-19(17)13-24/h2-3,5-6,8-9,11-12,14-15,25H,4,7,10,26H2,1H3. The highest BCUT2D eigenvalue weighted by molar-refractivity contribution is 6.02. The van der Waals surface area contributed by atoms with Crippen molar-refractivity contribution in [1.82, 2.24) is 4.98 Å². The minimum absolute atomic E-state index is 0.428. The summed E-state index contributed by atoms with van der Waals surface area (Å²) in [6.45, 7) is 2.26. The van der Waals surface area contributed by atoms with Crippen LogP contribution in [0.3, 0.4) is 0 Å². The van der Waals surface area contributed by atoms with Gasteiger partial charge in [0.2, 0.25) is 0 Å². The fourth-order valence-corrected chi connectivity index (χ4v) is 3.02. The van der Waals surface area contributed by atoms with E-state index < -0.39 is 0 Å². The van der Waals surface area contributed by atoms with Crippen molar-refractivity contribution in [3.63, 3.8) is 0 Å². The predicted molar refractivity (Wildman–Crippen MR) is 112 cm³/mol. The van der Waals surface area contributed by atoms with Crippen molar-refractivity contribution in [3.8, 4) is 22.9 Å². The van der Waals surface area contributed by atoms with Crippen molar-refractivity contribution in [1.29, 1.82) is 10.7 Å². The second-order valence-corrected chi connectivity index (χ2v) is 6.56. The molecule has 3 N–H and O–H groups in total. The smallest absolute Gasteiger partial charge is 0.138 e. The zero-order valence-electron chi connectivity index (χ0n) is 15.8. The summed E-state index contributed by atoms with van der Waals surface area (Å²) in [5, 5.41) is 17.0. The first-order valence-electron chi connectivity index (χ1n) is 9.10. The molecule has 0 spiro atoms. The van der Waals surface area contributed by atoms with E-state index >= 15 is 0 Å². The number of hydrogen-bond acceptors (Lipinski definition) is 5. The lowest BCUT2D eigenvalue weighted by Gasteiger charge is -2.10. The summed E-state index contributed by atoms with van der Waals surface area (Å²) >= 11 is 0. The molecule has 5 nitrogen and oxygen atoms in total. The third-order valence-corrected chi connectivity index (χ3v) is 4.50. The first-order valence-corrected chi connectivity index (χ1v) is 9.10. The largest absolute Gasteiger partial charge is 0.492 e. The van der Waals surface area contributed by atoms with Crippen LogP contribution in [-0.2, 0) is 6.42 Å². The maximum atomic E-state index is 9.15. The van der Waals surface area contributed by atoms with Gasteiger partial charge in [-0.15, -0.1) is 0 Å². The fraction of sp³-hybridized carbons (Fsp3) is 0.174. The molecule has 28 heavy (non-hydrogen) atoms. The van der Waals surface area contributed by atoms with Gasteiger partial charge >= 0.3 is 0 Å². The van der Waals surface area contributed by atoms with Crippen molar-refractivity contribution in [2.45, 2.75) is 19.8 Å². The number of anilines is 1. The number of nitrogens with one attached hydrogen (secondary N) is 1. The average molecular weight is 370 g/mol. The molecular formula is C23H22N4O. The number of aryl methyl sites for hydroxylation is 1. The van der Waals surface area contributed by atoms with E-state index in [0.29, 0.717) is 29.3 Å². The van der Waals surface area contributed by atoms with Crippen molar-refractivity contribution < 1.29 is 4.74 Å². The quantitative estimate of drug-likeness (QED) is 0.361. The Labute approximate surface area is 164 Å². The van der Waals surface area contributed by atoms with Gasteiger partial charge in [0, 0.05) is 28.7 Å². The number of nitrogens with zero attached hydrogens (tertiary/aromatic N) is 2. The van der Waals surface area contributed by atoms with E-state index in [1.54, 1.807) is 19.3 Å². The molecule has 0 fully saturated rings. The fourth-order valence-electron chi connectivity index (χ4n) is 3.02. The number of benzene rings is 2. The number of ether oxygens (including phenoxy) is 1. The first-order chi connectivity index (χ1) is 13.6. The predicted octanol–water partition coefficient (Wildman–Crippen LogP) is 4.60. The lowest BCUT2D eigenvalue weighted by molar-refractivity contribution is 0.310. The van der Waals surface area contributed by atoms with E-state index in [0.717, 1.165) is 35.1 Å². The van der Waals surface area contributed by atoms with Gasteiger partial charge in [0.25, 0.3) is 0 Å². The number of rotatable bonds is 7. The Hall–Kier alpha value is -3.65. The Morgan fingerprint density at radius 1 is 1.14 bits per heavy atom. The van der Waals surface area contributed by atoms with Crippen LogP contribution in [-0.4, -0.2) is 17.3 Å². The molecule has 3 aromatic rings. The zero-order valence-corrected chi connectivity index (χ0v) is 15.8. The Balaban J connectivity index is 1.65. The second kappa shape index (κ2) is 8.83. The SMILES string of the molecule is CC(=N)c1cc(-c2cncc(OCCCc3ccccc3C#N)c2)ccc1N. The van der Waals surface area contributed by atoms with Crippen LogP contribution < -0.4 is 10.5 Å². The minimum Gasteiger partial charge on any atom is -0.492 e. The molecule has 1 aromatic heterocycles. The summed E-state index contributed by atoms with van der Waals surface area (Å²) in [5.74, 6) is 0.691. The molecule has 0 amide bonds. The van der Waals surface area contributed by atoms with E-state index in [4.69, 9.17) is 21.1 Å². The van der Waals surface area contributed by atoms with Gasteiger partial charge in [-0.05, 0) is 55.2 Å². The molecule has 0 bridgehead atoms. The second-order valence-electron chi connectivity index (χ2n) is 6.56. The molecule has 0 unspecified atom stereocenters. The van der Waals surface area contributed by atoms with Crippen LogP contribution in [0.4, 0.5) is 5.69 Å². The van der Waals surface area contributed by atoms with E-state index in [2.05, 4.69) is 11.1 Å². The monoisotopic (exact) mass is 370 g/mol. The van der Waals surface area contributed by atoms with Crippen LogP contribution in [0.1, 0.15) is 30.0 Å². The Morgan fingerprint density at radius 2 is 1.96 bits per heavy atom. The van der Waals surface area contributed by atoms with Crippen LogP contribution in [0.15, 0.2) is 60.9 Å². The topological polar surface area (TPSA) is 95.8 Å². The first kappa shape index (κ1) is 19.1. The van der Waals surface area contributed by atoms with Crippen LogP contribution in [0, 0.1) is 16.7 Å². The number of nitrogen functional groups attached to an aromatic ring is 1. The third kappa shape index (κ3) is 4.54. The van der Waals surface area contributed by atoms with E-state index in [1.807, 2.05) is 48.5 Å². The van der Waals surface area contributed by atoms with E-state index in [1.165, 1.54) is 0 Å². The molecule has 5 heteroatoms. The number of hydrogen-bond donors (Lipinski definition) is 2. The Morgan fingerprint density at radius 3 is 2.75 bits per heavy atom. The van der Waals surface area contributed by atoms with Gasteiger partial charge in [-0.25, -0.2) is 0 Å². The molecule has 0 saturated heterocycles. The van der Waals surface area contributed by atoms with Crippen molar-refractivity contribution in [2.24, 2.45) is 0 Å². The summed E-state index contributed by atoms with van der Waals surface area (Å²) in [6.07, 6.45) is 5.05. The normalized spacial score (nSPS) is 10.3. The number of nitrogens with two attached hydrogens (primary N) is 1. The van der Waals surface area contributed by atoms with Crippen molar-refractivity contribution in [3.05, 3.63) is 77.6 Å². The molecule has 0 saturated carbocycles. The lowest BCUT2D eigenvalue weighted by atomic mass is 10.0. The average Bonchev–Trinajstić information content (AvgIpc) is 2.72. The van der Waals surface area contributed by atoms with Gasteiger partial charge in [0.05, 0.1) is 24.4 Å². The highest BCUT2D eigenvalue weighted by Crippen LogP contribution is 2.26. The summed E-state index contributed by atoms with van der Waals surface area (Å²) < 4.78 is 5.85. The van der Waals surface area contributed by atoms with Crippen LogP contribution in [0.2, 0.25) is 0 Å². The molecule has 0 atom stereocenters. The van der Waals surface area contributed by atoms with Crippen molar-refractivity contribution >= 4 is 11.4 Å². The van der Waals surface area contributed by atoms with Gasteiger partial charge in [-0.1, -0.05) is 24.3 Å². The molecule has 3 rings (SSSR count). The summed E-state index contributed by atoms with van der Waals surface area (Å²) in [7, 11) is 0. The third-order valence-electron chi connectivity index (χ3n) is 4.50. The summed E-state index contributed by atoms with van der Waals surface area (Å²) in [6, 6.07) is 17.4. The van der Waals surface area contributed by atoms with Crippen LogP contribution in [0.25, 0.3) is 11.1 Å². The van der Waals surface area contributed by atoms with Gasteiger partial charge in [-0.2, -0.15) is 5.26 Å². The van der Waals surface area contributed by atoms with E-state index in [-0.39, 0.29) is 0 Å². The van der Waals surface area contributed by atoms with Crippen LogP contribution in [0.5, 0.6) is 5.75 Å². The molecule has 2 aromatic carbocycles. The van der Waals surface area contributed by atoms with Gasteiger partial charge in [0.15, 0.2) is 0 Å². The molecule has 0 aliphatic heterocycles. The minimum atomic E-state index is 0.428. The molecule has 0 aliphatic rings. The van der Waals surface area contributed by atoms with Gasteiger partial charge in [0.1, 0.15) is 5.75 Å². The highest BCUT2D eigenvalue weighted by Gasteiger charge is 2.07. The maximum absolute atomic E-state index is 9.15. The Bertz CT molecular complexity index is 1040. The van der Waals surface area contributed by atoms with Crippen molar-refractivity contribution in [2.75, 3.05) is 12.3 Å². The molecule has 0 radical (unpaired) electrons. The molecular weight excluding hydrogens is 348 g/mol. The molecule has 1 heterocycles. The molecule has 140 valence electrons.